The van der Waals surface area contributed by atoms with Crippen LogP contribution < -0.4 is 10.1 Å². The molecule has 1 aromatic carbocycles. The molecule has 1 N–H and O–H groups in total. The zero-order valence-electron chi connectivity index (χ0n) is 18.7. The van der Waals surface area contributed by atoms with Crippen LogP contribution in [0.25, 0.3) is 0 Å². The first kappa shape index (κ1) is 22.5. The molecule has 0 fully saturated rings. The molecule has 1 unspecified atom stereocenters. The van der Waals surface area contributed by atoms with E-state index >= 15 is 0 Å². The topological polar surface area (TPSA) is 64.6 Å². The minimum Gasteiger partial charge on any atom is -0.496 e. The normalized spacial score (nSPS) is 12.4. The molecular formula is C26H31NO4. The van der Waals surface area contributed by atoms with E-state index in [4.69, 9.17) is 13.6 Å². The highest BCUT2D eigenvalue weighted by Gasteiger charge is 2.21. The van der Waals surface area contributed by atoms with Crippen LogP contribution in [0.15, 0.2) is 70.4 Å². The number of methoxy groups -OCH3 is 1. The lowest BCUT2D eigenvalue weighted by Crippen LogP contribution is -2.27. The number of amides is 1. The molecule has 0 saturated heterocycles. The van der Waals surface area contributed by atoms with E-state index in [1.54, 1.807) is 31.8 Å². The summed E-state index contributed by atoms with van der Waals surface area (Å²) >= 11 is 0. The highest BCUT2D eigenvalue weighted by atomic mass is 16.5. The first-order chi connectivity index (χ1) is 14.9. The Hall–Kier alpha value is -3.21. The second kappa shape index (κ2) is 9.73. The summed E-state index contributed by atoms with van der Waals surface area (Å²) in [7, 11) is 1.67. The van der Waals surface area contributed by atoms with Gasteiger partial charge in [-0.05, 0) is 48.1 Å². The average Bonchev–Trinajstić information content (AvgIpc) is 3.46. The zero-order chi connectivity index (χ0) is 22.4. The molecule has 31 heavy (non-hydrogen) atoms. The van der Waals surface area contributed by atoms with Gasteiger partial charge in [-0.3, -0.25) is 4.79 Å². The Morgan fingerprint density at radius 2 is 2.06 bits per heavy atom. The quantitative estimate of drug-likeness (QED) is 0.396. The van der Waals surface area contributed by atoms with Gasteiger partial charge in [0.15, 0.2) is 5.76 Å². The maximum Gasteiger partial charge on any atom is 0.287 e. The van der Waals surface area contributed by atoms with Crippen molar-refractivity contribution < 1.29 is 18.4 Å². The number of hydrogen-bond donors (Lipinski definition) is 1. The Bertz CT molecular complexity index is 1010. The first-order valence-electron chi connectivity index (χ1n) is 10.6. The molecule has 0 aliphatic rings. The molecule has 5 nitrogen and oxygen atoms in total. The third kappa shape index (κ3) is 5.29. The van der Waals surface area contributed by atoms with Crippen LogP contribution in [-0.4, -0.2) is 13.0 Å². The van der Waals surface area contributed by atoms with E-state index in [2.05, 4.69) is 44.8 Å². The molecule has 0 aliphatic carbocycles. The Labute approximate surface area is 184 Å². The van der Waals surface area contributed by atoms with E-state index in [9.17, 15) is 4.79 Å². The van der Waals surface area contributed by atoms with Crippen molar-refractivity contribution in [1.82, 2.24) is 5.32 Å². The van der Waals surface area contributed by atoms with Gasteiger partial charge in [-0.25, -0.2) is 0 Å². The van der Waals surface area contributed by atoms with E-state index in [0.29, 0.717) is 18.6 Å². The average molecular weight is 422 g/mol. The number of ether oxygens (including phenoxy) is 1. The summed E-state index contributed by atoms with van der Waals surface area (Å²) in [6.07, 6.45) is 7.15. The molecule has 2 heterocycles. The molecule has 3 rings (SSSR count). The van der Waals surface area contributed by atoms with Gasteiger partial charge in [0.25, 0.3) is 5.91 Å². The molecule has 1 amide bonds. The van der Waals surface area contributed by atoms with E-state index in [0.717, 1.165) is 23.3 Å². The van der Waals surface area contributed by atoms with Crippen LogP contribution in [-0.2, 0) is 11.8 Å². The fourth-order valence-corrected chi connectivity index (χ4v) is 3.47. The Balaban J connectivity index is 1.77. The van der Waals surface area contributed by atoms with Gasteiger partial charge in [0, 0.05) is 17.5 Å². The minimum absolute atomic E-state index is 0.0719. The first-order valence-corrected chi connectivity index (χ1v) is 10.6. The smallest absolute Gasteiger partial charge is 0.287 e. The number of carbonyl (C=O) groups is 1. The summed E-state index contributed by atoms with van der Waals surface area (Å²) in [5.41, 5.74) is 3.25. The lowest BCUT2D eigenvalue weighted by Gasteiger charge is -2.24. The fourth-order valence-electron chi connectivity index (χ4n) is 3.47. The van der Waals surface area contributed by atoms with Crippen molar-refractivity contribution in [2.24, 2.45) is 0 Å². The molecule has 0 spiro atoms. The monoisotopic (exact) mass is 421 g/mol. The van der Waals surface area contributed by atoms with Crippen molar-refractivity contribution in [2.45, 2.75) is 51.5 Å². The van der Waals surface area contributed by atoms with Crippen molar-refractivity contribution in [3.05, 3.63) is 89.8 Å². The van der Waals surface area contributed by atoms with Gasteiger partial charge < -0.3 is 18.9 Å². The lowest BCUT2D eigenvalue weighted by atomic mass is 9.81. The SMILES string of the molecule is C=CCC(NC(=O)c1ccc(Cc2cc(C(C)(C)CC)ccc2OC)o1)c1ccoc1. The molecule has 164 valence electrons. The van der Waals surface area contributed by atoms with Crippen LogP contribution in [0.5, 0.6) is 5.75 Å². The molecule has 5 heteroatoms. The van der Waals surface area contributed by atoms with Crippen LogP contribution in [0, 0.1) is 0 Å². The summed E-state index contributed by atoms with van der Waals surface area (Å²) in [6, 6.07) is 11.4. The summed E-state index contributed by atoms with van der Waals surface area (Å²) in [5.74, 6) is 1.52. The zero-order valence-corrected chi connectivity index (χ0v) is 18.7. The highest BCUT2D eigenvalue weighted by Crippen LogP contribution is 2.32. The van der Waals surface area contributed by atoms with Crippen molar-refractivity contribution in [3.63, 3.8) is 0 Å². The highest BCUT2D eigenvalue weighted by molar-refractivity contribution is 5.91. The van der Waals surface area contributed by atoms with Crippen LogP contribution in [0.2, 0.25) is 0 Å². The van der Waals surface area contributed by atoms with Crippen molar-refractivity contribution in [1.29, 1.82) is 0 Å². The fraction of sp³-hybridized carbons (Fsp3) is 0.346. The Kier molecular flexibility index (Phi) is 7.06. The van der Waals surface area contributed by atoms with E-state index < -0.39 is 0 Å². The molecule has 3 aromatic rings. The van der Waals surface area contributed by atoms with Crippen molar-refractivity contribution in [3.8, 4) is 5.75 Å². The molecule has 0 bridgehead atoms. The predicted molar refractivity (Wildman–Crippen MR) is 122 cm³/mol. The van der Waals surface area contributed by atoms with E-state index in [1.165, 1.54) is 5.56 Å². The van der Waals surface area contributed by atoms with Crippen molar-refractivity contribution in [2.75, 3.05) is 7.11 Å². The van der Waals surface area contributed by atoms with Gasteiger partial charge >= 0.3 is 0 Å². The number of rotatable bonds is 10. The molecule has 0 saturated carbocycles. The van der Waals surface area contributed by atoms with Crippen LogP contribution in [0.1, 0.15) is 72.7 Å². The summed E-state index contributed by atoms with van der Waals surface area (Å²) < 4.78 is 16.6. The minimum atomic E-state index is -0.271. The largest absolute Gasteiger partial charge is 0.496 e. The lowest BCUT2D eigenvalue weighted by molar-refractivity contribution is 0.0907. The van der Waals surface area contributed by atoms with E-state index in [1.807, 2.05) is 18.2 Å². The predicted octanol–water partition coefficient (Wildman–Crippen LogP) is 6.21. The number of furan rings is 2. The maximum atomic E-state index is 12.7. The summed E-state index contributed by atoms with van der Waals surface area (Å²) in [6.45, 7) is 10.4. The van der Waals surface area contributed by atoms with Gasteiger partial charge in [-0.1, -0.05) is 39.0 Å². The summed E-state index contributed by atoms with van der Waals surface area (Å²) in [5, 5.41) is 2.98. The maximum absolute atomic E-state index is 12.7. The molecule has 0 radical (unpaired) electrons. The Morgan fingerprint density at radius 1 is 1.26 bits per heavy atom. The second-order valence-electron chi connectivity index (χ2n) is 8.31. The van der Waals surface area contributed by atoms with Crippen LogP contribution in [0.3, 0.4) is 0 Å². The number of nitrogens with one attached hydrogen (secondary N) is 1. The van der Waals surface area contributed by atoms with Gasteiger partial charge in [0.05, 0.1) is 25.7 Å². The van der Waals surface area contributed by atoms with Crippen LogP contribution in [0.4, 0.5) is 0 Å². The van der Waals surface area contributed by atoms with Crippen molar-refractivity contribution >= 4 is 5.91 Å². The Morgan fingerprint density at radius 3 is 2.71 bits per heavy atom. The molecule has 2 aromatic heterocycles. The van der Waals surface area contributed by atoms with Gasteiger partial charge in [-0.2, -0.15) is 0 Å². The van der Waals surface area contributed by atoms with Gasteiger partial charge in [-0.15, -0.1) is 6.58 Å². The van der Waals surface area contributed by atoms with Gasteiger partial charge in [0.2, 0.25) is 0 Å². The van der Waals surface area contributed by atoms with Gasteiger partial charge in [0.1, 0.15) is 11.5 Å². The summed E-state index contributed by atoms with van der Waals surface area (Å²) in [4.78, 5) is 12.7. The molecule has 0 aliphatic heterocycles. The molecular weight excluding hydrogens is 390 g/mol. The second-order valence-corrected chi connectivity index (χ2v) is 8.31. The number of benzene rings is 1. The third-order valence-corrected chi connectivity index (χ3v) is 5.85. The van der Waals surface area contributed by atoms with Crippen LogP contribution >= 0.6 is 0 Å². The van der Waals surface area contributed by atoms with E-state index in [-0.39, 0.29) is 23.1 Å². The standard InChI is InChI=1S/C26H31NO4/c1-6-8-22(18-13-14-30-17-18)27-25(28)24-12-10-21(31-24)16-19-15-20(26(3,4)7-2)9-11-23(19)29-5/h6,9-15,17,22H,1,7-8,16H2,2-5H3,(H,27,28). The third-order valence-electron chi connectivity index (χ3n) is 5.85. The number of hydrogen-bond acceptors (Lipinski definition) is 4. The number of carbonyl (C=O) groups excluding carboxylic acids is 1. The molecule has 1 atom stereocenters.